The molecule has 0 aliphatic carbocycles. The molecule has 0 bridgehead atoms. The van der Waals surface area contributed by atoms with Crippen LogP contribution in [0.15, 0.2) is 0 Å². The third-order valence-corrected chi connectivity index (χ3v) is 3.16. The van der Waals surface area contributed by atoms with E-state index in [4.69, 9.17) is 5.73 Å². The van der Waals surface area contributed by atoms with Crippen LogP contribution in [0.5, 0.6) is 0 Å². The van der Waals surface area contributed by atoms with Crippen LogP contribution in [0.3, 0.4) is 0 Å². The number of rotatable bonds is 6. The Balaban J connectivity index is 2.48. The number of hydrogen-bond acceptors (Lipinski definition) is 2. The van der Waals surface area contributed by atoms with Gasteiger partial charge in [-0.25, -0.2) is 0 Å². The summed E-state index contributed by atoms with van der Waals surface area (Å²) in [6.45, 7) is 9.56. The summed E-state index contributed by atoms with van der Waals surface area (Å²) in [6.07, 6.45) is 4.56. The summed E-state index contributed by atoms with van der Waals surface area (Å²) < 4.78 is 2.15. The van der Waals surface area contributed by atoms with Crippen molar-refractivity contribution in [1.29, 1.82) is 0 Å². The average Bonchev–Trinajstić information content (AvgIpc) is 2.48. The Bertz CT molecular complexity index is 326. The van der Waals surface area contributed by atoms with E-state index in [2.05, 4.69) is 37.5 Å². The molecule has 0 aromatic carbocycles. The maximum absolute atomic E-state index is 5.73. The molecule has 0 aliphatic rings. The van der Waals surface area contributed by atoms with E-state index in [1.165, 1.54) is 29.8 Å². The van der Waals surface area contributed by atoms with Crippen molar-refractivity contribution in [1.82, 2.24) is 9.78 Å². The van der Waals surface area contributed by atoms with Crippen LogP contribution < -0.4 is 5.73 Å². The first-order chi connectivity index (χ1) is 7.56. The van der Waals surface area contributed by atoms with Gasteiger partial charge in [0.1, 0.15) is 0 Å². The summed E-state index contributed by atoms with van der Waals surface area (Å²) >= 11 is 0. The van der Waals surface area contributed by atoms with Crippen LogP contribution >= 0.6 is 0 Å². The highest BCUT2D eigenvalue weighted by molar-refractivity contribution is 5.24. The number of aryl methyl sites for hydroxylation is 2. The monoisotopic (exact) mass is 223 g/mol. The fraction of sp³-hybridized carbons (Fsp3) is 0.769. The molecule has 0 spiro atoms. The smallest absolute Gasteiger partial charge is 0.0628 e. The molecule has 0 radical (unpaired) electrons. The summed E-state index contributed by atoms with van der Waals surface area (Å²) in [7, 11) is 0. The first-order valence-electron chi connectivity index (χ1n) is 6.34. The van der Waals surface area contributed by atoms with E-state index < -0.39 is 0 Å². The van der Waals surface area contributed by atoms with Gasteiger partial charge in [0.25, 0.3) is 0 Å². The highest BCUT2D eigenvalue weighted by Gasteiger charge is 2.08. The molecule has 92 valence electrons. The number of aromatic nitrogens is 2. The second-order valence-corrected chi connectivity index (χ2v) is 4.70. The first-order valence-corrected chi connectivity index (χ1v) is 6.34. The van der Waals surface area contributed by atoms with Crippen LogP contribution in [0.4, 0.5) is 0 Å². The van der Waals surface area contributed by atoms with Crippen LogP contribution in [0.1, 0.15) is 50.1 Å². The van der Waals surface area contributed by atoms with E-state index in [1.54, 1.807) is 0 Å². The van der Waals surface area contributed by atoms with Crippen molar-refractivity contribution >= 4 is 0 Å². The van der Waals surface area contributed by atoms with E-state index in [0.29, 0.717) is 6.04 Å². The summed E-state index contributed by atoms with van der Waals surface area (Å²) in [5, 5.41) is 4.58. The highest BCUT2D eigenvalue weighted by atomic mass is 15.3. The lowest BCUT2D eigenvalue weighted by Gasteiger charge is -2.06. The molecule has 3 nitrogen and oxygen atoms in total. The van der Waals surface area contributed by atoms with Crippen LogP contribution in [0.2, 0.25) is 0 Å². The van der Waals surface area contributed by atoms with Gasteiger partial charge < -0.3 is 5.73 Å². The number of nitrogens with two attached hydrogens (primary N) is 1. The van der Waals surface area contributed by atoms with Gasteiger partial charge in [-0.05, 0) is 45.6 Å². The minimum absolute atomic E-state index is 0.326. The Morgan fingerprint density at radius 3 is 2.50 bits per heavy atom. The molecule has 0 amide bonds. The summed E-state index contributed by atoms with van der Waals surface area (Å²) in [5.41, 5.74) is 9.66. The molecule has 1 rings (SSSR count). The predicted molar refractivity (Wildman–Crippen MR) is 68.6 cm³/mol. The quantitative estimate of drug-likeness (QED) is 0.753. The molecule has 1 unspecified atom stereocenters. The standard InChI is InChI=1S/C13H25N3/c1-5-13-11(3)15-16(12(13)4)9-7-6-8-10(2)14/h10H,5-9,14H2,1-4H3. The molecule has 1 aromatic rings. The molecule has 1 atom stereocenters. The predicted octanol–water partition coefficient (Wildman–Crippen LogP) is 2.58. The topological polar surface area (TPSA) is 43.8 Å². The lowest BCUT2D eigenvalue weighted by molar-refractivity contribution is 0.511. The van der Waals surface area contributed by atoms with Crippen molar-refractivity contribution in [3.05, 3.63) is 17.0 Å². The third kappa shape index (κ3) is 3.34. The van der Waals surface area contributed by atoms with Gasteiger partial charge in [0, 0.05) is 18.3 Å². The summed E-state index contributed by atoms with van der Waals surface area (Å²) in [6, 6.07) is 0.326. The lowest BCUT2D eigenvalue weighted by Crippen LogP contribution is -2.14. The summed E-state index contributed by atoms with van der Waals surface area (Å²) in [5.74, 6) is 0. The van der Waals surface area contributed by atoms with Crippen LogP contribution in [0.25, 0.3) is 0 Å². The second-order valence-electron chi connectivity index (χ2n) is 4.70. The second kappa shape index (κ2) is 6.04. The van der Waals surface area contributed by atoms with Gasteiger partial charge in [-0.3, -0.25) is 4.68 Å². The zero-order valence-electron chi connectivity index (χ0n) is 11.1. The van der Waals surface area contributed by atoms with Gasteiger partial charge in [0.15, 0.2) is 0 Å². The number of unbranched alkanes of at least 4 members (excludes halogenated alkanes) is 1. The molecule has 16 heavy (non-hydrogen) atoms. The Morgan fingerprint density at radius 2 is 2.00 bits per heavy atom. The molecule has 0 saturated heterocycles. The van der Waals surface area contributed by atoms with E-state index >= 15 is 0 Å². The molecule has 0 aliphatic heterocycles. The SMILES string of the molecule is CCc1c(C)nn(CCCCC(C)N)c1C. The van der Waals surface area contributed by atoms with Crippen molar-refractivity contribution in [3.63, 3.8) is 0 Å². The lowest BCUT2D eigenvalue weighted by atomic mass is 10.1. The molecule has 3 heteroatoms. The summed E-state index contributed by atoms with van der Waals surface area (Å²) in [4.78, 5) is 0. The molecule has 0 fully saturated rings. The fourth-order valence-electron chi connectivity index (χ4n) is 2.19. The van der Waals surface area contributed by atoms with Gasteiger partial charge in [0.05, 0.1) is 5.69 Å². The maximum Gasteiger partial charge on any atom is 0.0628 e. The van der Waals surface area contributed by atoms with Gasteiger partial charge in [0.2, 0.25) is 0 Å². The Morgan fingerprint density at radius 1 is 1.31 bits per heavy atom. The molecule has 2 N–H and O–H groups in total. The Hall–Kier alpha value is -0.830. The van der Waals surface area contributed by atoms with Gasteiger partial charge in [-0.1, -0.05) is 13.3 Å². The zero-order valence-corrected chi connectivity index (χ0v) is 11.1. The van der Waals surface area contributed by atoms with Gasteiger partial charge in [-0.15, -0.1) is 0 Å². The minimum atomic E-state index is 0.326. The fourth-order valence-corrected chi connectivity index (χ4v) is 2.19. The van der Waals surface area contributed by atoms with Crippen LogP contribution in [-0.4, -0.2) is 15.8 Å². The molecule has 0 saturated carbocycles. The first kappa shape index (κ1) is 13.2. The Kier molecular flexibility index (Phi) is 5.00. The molecular formula is C13H25N3. The number of hydrogen-bond donors (Lipinski definition) is 1. The molecule has 1 aromatic heterocycles. The van der Waals surface area contributed by atoms with E-state index in [1.807, 2.05) is 0 Å². The molecule has 1 heterocycles. The van der Waals surface area contributed by atoms with Crippen LogP contribution in [-0.2, 0) is 13.0 Å². The Labute approximate surface area is 99.0 Å². The molecular weight excluding hydrogens is 198 g/mol. The van der Waals surface area contributed by atoms with E-state index in [0.717, 1.165) is 19.4 Å². The van der Waals surface area contributed by atoms with Crippen molar-refractivity contribution < 1.29 is 0 Å². The highest BCUT2D eigenvalue weighted by Crippen LogP contribution is 2.14. The minimum Gasteiger partial charge on any atom is -0.328 e. The van der Waals surface area contributed by atoms with Crippen molar-refractivity contribution in [2.45, 2.75) is 66.0 Å². The third-order valence-electron chi connectivity index (χ3n) is 3.16. The van der Waals surface area contributed by atoms with E-state index in [9.17, 15) is 0 Å². The normalized spacial score (nSPS) is 13.1. The maximum atomic E-state index is 5.73. The zero-order chi connectivity index (χ0) is 12.1. The van der Waals surface area contributed by atoms with Crippen LogP contribution in [0, 0.1) is 13.8 Å². The van der Waals surface area contributed by atoms with Crippen molar-refractivity contribution in [2.24, 2.45) is 5.73 Å². The van der Waals surface area contributed by atoms with Gasteiger partial charge >= 0.3 is 0 Å². The van der Waals surface area contributed by atoms with Crippen molar-refractivity contribution in [3.8, 4) is 0 Å². The number of nitrogens with zero attached hydrogens (tertiary/aromatic N) is 2. The van der Waals surface area contributed by atoms with Gasteiger partial charge in [-0.2, -0.15) is 5.10 Å². The largest absolute Gasteiger partial charge is 0.328 e. The van der Waals surface area contributed by atoms with Crippen molar-refractivity contribution in [2.75, 3.05) is 0 Å². The van der Waals surface area contributed by atoms with E-state index in [-0.39, 0.29) is 0 Å². The average molecular weight is 223 g/mol.